The summed E-state index contributed by atoms with van der Waals surface area (Å²) in [4.78, 5) is 37.6. The molecule has 0 unspecified atom stereocenters. The summed E-state index contributed by atoms with van der Waals surface area (Å²) in [5.41, 5.74) is -0.619. The molecule has 1 atom stereocenters. The standard InChI is InChI=1S/C14H17Cl2N3O4/c1-2-23-14(22)9-4-3-5-18(7-9)11(20)8-19-13(21)12(16)10(15)6-17-19/h6,9H,2-5,7-8H2,1H3/t9-/m1/s1. The first-order chi connectivity index (χ1) is 10.9. The van der Waals surface area contributed by atoms with Gasteiger partial charge in [0.2, 0.25) is 5.91 Å². The van der Waals surface area contributed by atoms with Gasteiger partial charge in [-0.3, -0.25) is 14.4 Å². The van der Waals surface area contributed by atoms with Gasteiger partial charge >= 0.3 is 5.97 Å². The number of ether oxygens (including phenoxy) is 1. The van der Waals surface area contributed by atoms with Crippen LogP contribution in [0.3, 0.4) is 0 Å². The number of nitrogens with zero attached hydrogens (tertiary/aromatic N) is 3. The highest BCUT2D eigenvalue weighted by Crippen LogP contribution is 2.18. The first kappa shape index (κ1) is 17.7. The van der Waals surface area contributed by atoms with Gasteiger partial charge in [-0.2, -0.15) is 5.10 Å². The summed E-state index contributed by atoms with van der Waals surface area (Å²) in [6, 6.07) is 0. The summed E-state index contributed by atoms with van der Waals surface area (Å²) >= 11 is 11.5. The van der Waals surface area contributed by atoms with Crippen LogP contribution in [0.4, 0.5) is 0 Å². The van der Waals surface area contributed by atoms with Crippen molar-refractivity contribution in [2.45, 2.75) is 26.3 Å². The van der Waals surface area contributed by atoms with Gasteiger partial charge in [-0.15, -0.1) is 0 Å². The zero-order valence-electron chi connectivity index (χ0n) is 12.6. The maximum Gasteiger partial charge on any atom is 0.310 e. The molecule has 9 heteroatoms. The van der Waals surface area contributed by atoms with Gasteiger partial charge in [0.05, 0.1) is 23.7 Å². The molecule has 126 valence electrons. The smallest absolute Gasteiger partial charge is 0.310 e. The molecule has 1 aliphatic rings. The van der Waals surface area contributed by atoms with Crippen LogP contribution in [0.15, 0.2) is 11.0 Å². The number of carbonyl (C=O) groups is 2. The van der Waals surface area contributed by atoms with Crippen LogP contribution >= 0.6 is 23.2 Å². The number of piperidine rings is 1. The molecule has 0 aromatic carbocycles. The summed E-state index contributed by atoms with van der Waals surface area (Å²) in [5.74, 6) is -0.923. The van der Waals surface area contributed by atoms with Gasteiger partial charge in [-0.05, 0) is 19.8 Å². The molecule has 0 spiro atoms. The van der Waals surface area contributed by atoms with E-state index in [4.69, 9.17) is 27.9 Å². The Kier molecular flexibility index (Phi) is 6.01. The summed E-state index contributed by atoms with van der Waals surface area (Å²) in [5, 5.41) is 3.68. The Hall–Kier alpha value is -1.60. The van der Waals surface area contributed by atoms with E-state index in [1.165, 1.54) is 6.20 Å². The zero-order chi connectivity index (χ0) is 17.0. The highest BCUT2D eigenvalue weighted by atomic mass is 35.5. The molecular weight excluding hydrogens is 345 g/mol. The maximum atomic E-state index is 12.3. The van der Waals surface area contributed by atoms with Crippen LogP contribution < -0.4 is 5.56 Å². The first-order valence-corrected chi connectivity index (χ1v) is 8.05. The van der Waals surface area contributed by atoms with Crippen molar-refractivity contribution in [2.24, 2.45) is 5.92 Å². The largest absolute Gasteiger partial charge is 0.466 e. The van der Waals surface area contributed by atoms with Crippen LogP contribution in [0.1, 0.15) is 19.8 Å². The van der Waals surface area contributed by atoms with E-state index in [1.54, 1.807) is 11.8 Å². The Morgan fingerprint density at radius 2 is 2.17 bits per heavy atom. The summed E-state index contributed by atoms with van der Waals surface area (Å²) in [6.45, 7) is 2.63. The summed E-state index contributed by atoms with van der Waals surface area (Å²) in [7, 11) is 0. The van der Waals surface area contributed by atoms with Gasteiger partial charge in [0.15, 0.2) is 0 Å². The minimum Gasteiger partial charge on any atom is -0.466 e. The number of aromatic nitrogens is 2. The molecule has 2 heterocycles. The molecule has 0 aliphatic carbocycles. The molecule has 0 saturated carbocycles. The molecule has 0 bridgehead atoms. The number of hydrogen-bond acceptors (Lipinski definition) is 5. The van der Waals surface area contributed by atoms with E-state index in [9.17, 15) is 14.4 Å². The van der Waals surface area contributed by atoms with Crippen molar-refractivity contribution in [3.05, 3.63) is 26.6 Å². The highest BCUT2D eigenvalue weighted by molar-refractivity contribution is 6.41. The quantitative estimate of drug-likeness (QED) is 0.756. The Morgan fingerprint density at radius 1 is 1.43 bits per heavy atom. The van der Waals surface area contributed by atoms with Gasteiger partial charge in [0, 0.05) is 13.1 Å². The third kappa shape index (κ3) is 4.23. The molecule has 0 radical (unpaired) electrons. The zero-order valence-corrected chi connectivity index (χ0v) is 14.1. The van der Waals surface area contributed by atoms with Crippen LogP contribution in [0.25, 0.3) is 0 Å². The third-order valence-electron chi connectivity index (χ3n) is 3.62. The fourth-order valence-corrected chi connectivity index (χ4v) is 2.71. The van der Waals surface area contributed by atoms with E-state index in [2.05, 4.69) is 5.10 Å². The van der Waals surface area contributed by atoms with Gasteiger partial charge in [0.1, 0.15) is 11.6 Å². The van der Waals surface area contributed by atoms with Crippen molar-refractivity contribution >= 4 is 35.1 Å². The van der Waals surface area contributed by atoms with Gasteiger partial charge in [-0.25, -0.2) is 4.68 Å². The number of halogens is 2. The van der Waals surface area contributed by atoms with E-state index >= 15 is 0 Å². The topological polar surface area (TPSA) is 81.5 Å². The molecule has 7 nitrogen and oxygen atoms in total. The van der Waals surface area contributed by atoms with Crippen LogP contribution in [0.5, 0.6) is 0 Å². The number of amides is 1. The first-order valence-electron chi connectivity index (χ1n) is 7.29. The molecule has 1 fully saturated rings. The van der Waals surface area contributed by atoms with Crippen molar-refractivity contribution in [1.29, 1.82) is 0 Å². The number of hydrogen-bond donors (Lipinski definition) is 0. The van der Waals surface area contributed by atoms with Crippen LogP contribution in [0, 0.1) is 5.92 Å². The second kappa shape index (κ2) is 7.79. The van der Waals surface area contributed by atoms with E-state index < -0.39 is 5.56 Å². The van der Waals surface area contributed by atoms with Crippen molar-refractivity contribution in [3.8, 4) is 0 Å². The Labute approximate surface area is 143 Å². The Bertz CT molecular complexity index is 662. The molecule has 1 aromatic heterocycles. The fraction of sp³-hybridized carbons (Fsp3) is 0.571. The van der Waals surface area contributed by atoms with E-state index in [0.29, 0.717) is 26.0 Å². The van der Waals surface area contributed by atoms with Gasteiger partial charge in [0.25, 0.3) is 5.56 Å². The molecule has 0 N–H and O–H groups in total. The number of esters is 1. The normalized spacial score (nSPS) is 17.9. The van der Waals surface area contributed by atoms with Crippen molar-refractivity contribution < 1.29 is 14.3 Å². The molecule has 1 aromatic rings. The third-order valence-corrected chi connectivity index (χ3v) is 4.37. The van der Waals surface area contributed by atoms with Crippen LogP contribution in [-0.4, -0.2) is 46.3 Å². The molecule has 23 heavy (non-hydrogen) atoms. The van der Waals surface area contributed by atoms with Crippen molar-refractivity contribution in [3.63, 3.8) is 0 Å². The summed E-state index contributed by atoms with van der Waals surface area (Å²) < 4.78 is 5.96. The van der Waals surface area contributed by atoms with Crippen LogP contribution in [-0.2, 0) is 20.9 Å². The Balaban J connectivity index is 2.05. The van der Waals surface area contributed by atoms with E-state index in [0.717, 1.165) is 4.68 Å². The molecule has 1 amide bonds. The van der Waals surface area contributed by atoms with Crippen molar-refractivity contribution in [2.75, 3.05) is 19.7 Å². The van der Waals surface area contributed by atoms with Gasteiger partial charge < -0.3 is 9.64 Å². The van der Waals surface area contributed by atoms with Crippen LogP contribution in [0.2, 0.25) is 10.0 Å². The minimum absolute atomic E-state index is 0.0423. The van der Waals surface area contributed by atoms with Gasteiger partial charge in [-0.1, -0.05) is 23.2 Å². The molecule has 1 saturated heterocycles. The monoisotopic (exact) mass is 361 g/mol. The maximum absolute atomic E-state index is 12.3. The second-order valence-electron chi connectivity index (χ2n) is 5.20. The number of likely N-dealkylation sites (tertiary alicyclic amines) is 1. The fourth-order valence-electron chi connectivity index (χ4n) is 2.44. The lowest BCUT2D eigenvalue weighted by Crippen LogP contribution is -2.45. The lowest BCUT2D eigenvalue weighted by atomic mass is 9.98. The SMILES string of the molecule is CCOC(=O)[C@@H]1CCCN(C(=O)Cn2ncc(Cl)c(Cl)c2=O)C1. The molecule has 2 rings (SSSR count). The van der Waals surface area contributed by atoms with E-state index in [1.807, 2.05) is 0 Å². The predicted octanol–water partition coefficient (Wildman–Crippen LogP) is 1.35. The average Bonchev–Trinajstić information content (AvgIpc) is 2.55. The number of carbonyl (C=O) groups excluding carboxylic acids is 2. The minimum atomic E-state index is -0.619. The molecule has 1 aliphatic heterocycles. The van der Waals surface area contributed by atoms with Crippen molar-refractivity contribution in [1.82, 2.24) is 14.7 Å². The van der Waals surface area contributed by atoms with E-state index in [-0.39, 0.29) is 40.9 Å². The average molecular weight is 362 g/mol. The summed E-state index contributed by atoms with van der Waals surface area (Å²) in [6.07, 6.45) is 2.61. The lowest BCUT2D eigenvalue weighted by Gasteiger charge is -2.31. The molecular formula is C14H17Cl2N3O4. The second-order valence-corrected chi connectivity index (χ2v) is 5.99. The number of rotatable bonds is 4. The predicted molar refractivity (Wildman–Crippen MR) is 84.5 cm³/mol. The Morgan fingerprint density at radius 3 is 2.87 bits per heavy atom. The highest BCUT2D eigenvalue weighted by Gasteiger charge is 2.29. The lowest BCUT2D eigenvalue weighted by molar-refractivity contribution is -0.151.